The zero-order valence-electron chi connectivity index (χ0n) is 10.7. The molecule has 0 radical (unpaired) electrons. The van der Waals surface area contributed by atoms with Gasteiger partial charge in [0.2, 0.25) is 0 Å². The van der Waals surface area contributed by atoms with Crippen LogP contribution in [0.2, 0.25) is 0 Å². The fraction of sp³-hybridized carbons (Fsp3) is 0.917. The van der Waals surface area contributed by atoms with Gasteiger partial charge in [0.25, 0.3) is 0 Å². The Morgan fingerprint density at radius 1 is 1.56 bits per heavy atom. The number of likely N-dealkylation sites (tertiary alicyclic amines) is 1. The number of ether oxygens (including phenoxy) is 1. The molecule has 0 saturated carbocycles. The normalized spacial score (nSPS) is 24.4. The molecule has 1 N–H and O–H groups in total. The third-order valence-corrected chi connectivity index (χ3v) is 2.54. The average molecular weight is 229 g/mol. The Balaban J connectivity index is 2.54. The van der Waals surface area contributed by atoms with Crippen LogP contribution in [0, 0.1) is 0 Å². The molecule has 1 heterocycles. The number of carbonyl (C=O) groups is 1. The van der Waals surface area contributed by atoms with Crippen molar-refractivity contribution in [3.05, 3.63) is 0 Å². The molecule has 94 valence electrons. The molecule has 1 aliphatic heterocycles. The fourth-order valence-corrected chi connectivity index (χ4v) is 2.02. The topological polar surface area (TPSA) is 49.8 Å². The van der Waals surface area contributed by atoms with Crippen LogP contribution in [0.15, 0.2) is 0 Å². The second-order valence-electron chi connectivity index (χ2n) is 5.54. The van der Waals surface area contributed by atoms with E-state index in [1.54, 1.807) is 6.92 Å². The average Bonchev–Trinajstić information content (AvgIpc) is 2.47. The lowest BCUT2D eigenvalue weighted by Crippen LogP contribution is -2.43. The lowest BCUT2D eigenvalue weighted by molar-refractivity contribution is -0.160. The first-order valence-corrected chi connectivity index (χ1v) is 5.94. The van der Waals surface area contributed by atoms with Gasteiger partial charge in [-0.15, -0.1) is 0 Å². The highest BCUT2D eigenvalue weighted by Gasteiger charge is 2.34. The van der Waals surface area contributed by atoms with E-state index >= 15 is 0 Å². The van der Waals surface area contributed by atoms with Gasteiger partial charge < -0.3 is 9.84 Å². The number of aliphatic hydroxyl groups excluding tert-OH is 1. The number of β-amino-alcohol motifs (C(OH)–C–C–N with tert-alkyl or cyclic N) is 1. The zero-order valence-corrected chi connectivity index (χ0v) is 10.7. The number of esters is 1. The second kappa shape index (κ2) is 5.15. The Hall–Kier alpha value is -0.610. The van der Waals surface area contributed by atoms with Crippen LogP contribution in [-0.4, -0.2) is 46.8 Å². The molecule has 1 saturated heterocycles. The van der Waals surface area contributed by atoms with E-state index in [-0.39, 0.29) is 12.0 Å². The second-order valence-corrected chi connectivity index (χ2v) is 5.54. The minimum atomic E-state index is -0.434. The van der Waals surface area contributed by atoms with Crippen LogP contribution in [0.3, 0.4) is 0 Å². The molecule has 0 aromatic heterocycles. The van der Waals surface area contributed by atoms with Gasteiger partial charge in [0.1, 0.15) is 11.6 Å². The Labute approximate surface area is 97.6 Å². The molecular weight excluding hydrogens is 206 g/mol. The standard InChI is InChI=1S/C12H23NO3/c1-9(14)8-13-7-5-6-10(13)11(15)16-12(2,3)4/h9-10,14H,5-8H2,1-4H3/t9-,10+/m0/s1. The van der Waals surface area contributed by atoms with E-state index in [4.69, 9.17) is 4.74 Å². The molecule has 1 rings (SSSR count). The van der Waals surface area contributed by atoms with Crippen molar-refractivity contribution in [2.24, 2.45) is 0 Å². The maximum atomic E-state index is 11.9. The van der Waals surface area contributed by atoms with Crippen LogP contribution in [0.1, 0.15) is 40.5 Å². The minimum Gasteiger partial charge on any atom is -0.459 e. The molecule has 0 aromatic carbocycles. The maximum Gasteiger partial charge on any atom is 0.323 e. The summed E-state index contributed by atoms with van der Waals surface area (Å²) in [6.45, 7) is 8.78. The number of nitrogens with zero attached hydrogens (tertiary/aromatic N) is 1. The Kier molecular flexibility index (Phi) is 4.33. The summed E-state index contributed by atoms with van der Waals surface area (Å²) in [5, 5.41) is 9.35. The summed E-state index contributed by atoms with van der Waals surface area (Å²) in [7, 11) is 0. The number of rotatable bonds is 3. The molecule has 0 unspecified atom stereocenters. The van der Waals surface area contributed by atoms with Crippen molar-refractivity contribution >= 4 is 5.97 Å². The molecule has 1 aliphatic rings. The van der Waals surface area contributed by atoms with Crippen molar-refractivity contribution in [2.75, 3.05) is 13.1 Å². The number of hydrogen-bond donors (Lipinski definition) is 1. The largest absolute Gasteiger partial charge is 0.459 e. The highest BCUT2D eigenvalue weighted by atomic mass is 16.6. The minimum absolute atomic E-state index is 0.161. The van der Waals surface area contributed by atoms with Crippen molar-refractivity contribution < 1.29 is 14.6 Å². The van der Waals surface area contributed by atoms with Crippen LogP contribution < -0.4 is 0 Å². The molecule has 0 spiro atoms. The van der Waals surface area contributed by atoms with Gasteiger partial charge >= 0.3 is 5.97 Å². The summed E-state index contributed by atoms with van der Waals surface area (Å²) in [5.74, 6) is -0.161. The van der Waals surface area contributed by atoms with E-state index in [1.807, 2.05) is 25.7 Å². The summed E-state index contributed by atoms with van der Waals surface area (Å²) >= 11 is 0. The van der Waals surface area contributed by atoms with Gasteiger partial charge in [-0.3, -0.25) is 9.69 Å². The van der Waals surface area contributed by atoms with E-state index < -0.39 is 11.7 Å². The predicted octanol–water partition coefficient (Wildman–Crippen LogP) is 1.17. The van der Waals surface area contributed by atoms with E-state index in [0.717, 1.165) is 19.4 Å². The van der Waals surface area contributed by atoms with E-state index in [0.29, 0.717) is 6.54 Å². The van der Waals surface area contributed by atoms with Crippen LogP contribution in [0.4, 0.5) is 0 Å². The van der Waals surface area contributed by atoms with Crippen LogP contribution in [0.25, 0.3) is 0 Å². The lowest BCUT2D eigenvalue weighted by atomic mass is 10.1. The molecule has 2 atom stereocenters. The van der Waals surface area contributed by atoms with E-state index in [9.17, 15) is 9.90 Å². The molecule has 4 heteroatoms. The summed E-state index contributed by atoms with van der Waals surface area (Å²) in [4.78, 5) is 13.9. The van der Waals surface area contributed by atoms with Crippen molar-refractivity contribution in [3.63, 3.8) is 0 Å². The van der Waals surface area contributed by atoms with Gasteiger partial charge in [-0.2, -0.15) is 0 Å². The summed E-state index contributed by atoms with van der Waals surface area (Å²) < 4.78 is 5.37. The quantitative estimate of drug-likeness (QED) is 0.738. The van der Waals surface area contributed by atoms with Crippen LogP contribution >= 0.6 is 0 Å². The summed E-state index contributed by atoms with van der Waals surface area (Å²) in [6.07, 6.45) is 1.43. The summed E-state index contributed by atoms with van der Waals surface area (Å²) in [6, 6.07) is -0.172. The molecule has 16 heavy (non-hydrogen) atoms. The molecule has 0 amide bonds. The highest BCUT2D eigenvalue weighted by Crippen LogP contribution is 2.21. The van der Waals surface area contributed by atoms with Gasteiger partial charge in [0.15, 0.2) is 0 Å². The Morgan fingerprint density at radius 3 is 2.69 bits per heavy atom. The van der Waals surface area contributed by atoms with Gasteiger partial charge in [0.05, 0.1) is 6.10 Å². The monoisotopic (exact) mass is 229 g/mol. The number of carbonyl (C=O) groups excluding carboxylic acids is 1. The van der Waals surface area contributed by atoms with Crippen molar-refractivity contribution in [1.82, 2.24) is 4.90 Å². The fourth-order valence-electron chi connectivity index (χ4n) is 2.02. The predicted molar refractivity (Wildman–Crippen MR) is 62.1 cm³/mol. The molecule has 0 aliphatic carbocycles. The van der Waals surface area contributed by atoms with Gasteiger partial charge in [-0.25, -0.2) is 0 Å². The van der Waals surface area contributed by atoms with Gasteiger partial charge in [-0.1, -0.05) is 0 Å². The number of hydrogen-bond acceptors (Lipinski definition) is 4. The van der Waals surface area contributed by atoms with E-state index in [1.165, 1.54) is 0 Å². The van der Waals surface area contributed by atoms with Gasteiger partial charge in [-0.05, 0) is 47.1 Å². The SMILES string of the molecule is C[C@H](O)CN1CCC[C@@H]1C(=O)OC(C)(C)C. The number of aliphatic hydroxyl groups is 1. The zero-order chi connectivity index (χ0) is 12.3. The maximum absolute atomic E-state index is 11.9. The Morgan fingerprint density at radius 2 is 2.19 bits per heavy atom. The molecule has 4 nitrogen and oxygen atoms in total. The first-order chi connectivity index (χ1) is 7.29. The molecule has 0 aromatic rings. The molecule has 0 bridgehead atoms. The van der Waals surface area contributed by atoms with E-state index in [2.05, 4.69) is 0 Å². The Bertz CT molecular complexity index is 245. The first-order valence-electron chi connectivity index (χ1n) is 5.94. The molecule has 1 fully saturated rings. The van der Waals surface area contributed by atoms with Crippen LogP contribution in [-0.2, 0) is 9.53 Å². The highest BCUT2D eigenvalue weighted by molar-refractivity contribution is 5.76. The molecular formula is C12H23NO3. The lowest BCUT2D eigenvalue weighted by Gasteiger charge is -2.27. The van der Waals surface area contributed by atoms with Crippen molar-refractivity contribution in [1.29, 1.82) is 0 Å². The van der Waals surface area contributed by atoms with Crippen molar-refractivity contribution in [2.45, 2.75) is 58.3 Å². The third kappa shape index (κ3) is 4.10. The first kappa shape index (κ1) is 13.5. The third-order valence-electron chi connectivity index (χ3n) is 2.54. The summed E-state index contributed by atoms with van der Waals surface area (Å²) in [5.41, 5.74) is -0.434. The van der Waals surface area contributed by atoms with Gasteiger partial charge in [0, 0.05) is 6.54 Å². The smallest absolute Gasteiger partial charge is 0.323 e. The van der Waals surface area contributed by atoms with Crippen LogP contribution in [0.5, 0.6) is 0 Å². The van der Waals surface area contributed by atoms with Crippen molar-refractivity contribution in [3.8, 4) is 0 Å².